The Balaban J connectivity index is 0.000000226. The van der Waals surface area contributed by atoms with E-state index in [1.54, 1.807) is 17.5 Å². The van der Waals surface area contributed by atoms with E-state index in [1.807, 2.05) is 23.6 Å². The van der Waals surface area contributed by atoms with Crippen molar-refractivity contribution in [2.24, 2.45) is 0 Å². The molecule has 0 unspecified atom stereocenters. The van der Waals surface area contributed by atoms with Crippen LogP contribution in [0.5, 0.6) is 0 Å². The zero-order valence-electron chi connectivity index (χ0n) is 20.3. The molecule has 34 heavy (non-hydrogen) atoms. The van der Waals surface area contributed by atoms with E-state index in [-0.39, 0.29) is 5.91 Å². The summed E-state index contributed by atoms with van der Waals surface area (Å²) in [7, 11) is 0. The molecule has 4 aromatic rings. The van der Waals surface area contributed by atoms with E-state index in [0.29, 0.717) is 6.04 Å². The van der Waals surface area contributed by atoms with Crippen LogP contribution in [0, 0.1) is 6.92 Å². The molecule has 0 atom stereocenters. The van der Waals surface area contributed by atoms with Gasteiger partial charge in [0.2, 0.25) is 0 Å². The molecule has 5 rings (SSSR count). The van der Waals surface area contributed by atoms with Gasteiger partial charge < -0.3 is 19.3 Å². The molecule has 3 aromatic heterocycles. The van der Waals surface area contributed by atoms with Crippen molar-refractivity contribution in [1.82, 2.24) is 19.9 Å². The molecule has 0 bridgehead atoms. The van der Waals surface area contributed by atoms with Crippen LogP contribution in [0.4, 0.5) is 0 Å². The Hall–Kier alpha value is -2.90. The maximum absolute atomic E-state index is 12.9. The van der Waals surface area contributed by atoms with Gasteiger partial charge >= 0.3 is 0 Å². The fraction of sp³-hybridized carbons (Fsp3) is 0.407. The molecule has 4 heterocycles. The molecule has 0 saturated carbocycles. The van der Waals surface area contributed by atoms with Crippen molar-refractivity contribution in [1.29, 1.82) is 0 Å². The molecule has 0 spiro atoms. The Kier molecular flexibility index (Phi) is 8.19. The van der Waals surface area contributed by atoms with E-state index in [4.69, 9.17) is 4.52 Å². The molecular weight excluding hydrogens is 444 g/mol. The second-order valence-electron chi connectivity index (χ2n) is 8.73. The summed E-state index contributed by atoms with van der Waals surface area (Å²) >= 11 is 1.65. The highest BCUT2D eigenvalue weighted by atomic mass is 32.1. The van der Waals surface area contributed by atoms with Gasteiger partial charge in [-0.25, -0.2) is 0 Å². The number of carbonyl (C=O) groups is 1. The highest BCUT2D eigenvalue weighted by molar-refractivity contribution is 7.13. The standard InChI is InChI=1S/C20H29N3O.C7H5NOS/c1-4-11-23-18(14-16-8-6-7-15(3)19(16)23)20(24)21-17-9-12-22(5-2)13-10-17;1-2-7(10-5-1)6-3-4-8-9-6/h6-8,14,17H,4-5,9-13H2,1-3H3,(H,21,24);1-5H. The lowest BCUT2D eigenvalue weighted by atomic mass is 10.0. The lowest BCUT2D eigenvalue weighted by molar-refractivity contribution is 0.0903. The van der Waals surface area contributed by atoms with Crippen molar-refractivity contribution >= 4 is 28.1 Å². The zero-order valence-corrected chi connectivity index (χ0v) is 21.1. The summed E-state index contributed by atoms with van der Waals surface area (Å²) in [4.78, 5) is 16.5. The van der Waals surface area contributed by atoms with Crippen LogP contribution in [0.3, 0.4) is 0 Å². The fourth-order valence-corrected chi connectivity index (χ4v) is 5.25. The van der Waals surface area contributed by atoms with Crippen LogP contribution in [0.15, 0.2) is 58.6 Å². The van der Waals surface area contributed by atoms with E-state index in [0.717, 1.165) is 67.2 Å². The number of piperidine rings is 1. The number of rotatable bonds is 6. The number of benzene rings is 1. The maximum atomic E-state index is 12.9. The molecule has 1 fully saturated rings. The summed E-state index contributed by atoms with van der Waals surface area (Å²) in [5.74, 6) is 0.920. The first kappa shape index (κ1) is 24.2. The maximum Gasteiger partial charge on any atom is 0.268 e. The van der Waals surface area contributed by atoms with Gasteiger partial charge in [0.25, 0.3) is 5.91 Å². The minimum absolute atomic E-state index is 0.0778. The molecule has 1 aromatic carbocycles. The van der Waals surface area contributed by atoms with Crippen LogP contribution in [-0.4, -0.2) is 46.2 Å². The smallest absolute Gasteiger partial charge is 0.268 e. The normalized spacial score (nSPS) is 14.7. The van der Waals surface area contributed by atoms with Gasteiger partial charge in [0.15, 0.2) is 5.76 Å². The van der Waals surface area contributed by atoms with Gasteiger partial charge in [-0.3, -0.25) is 4.79 Å². The number of nitrogens with one attached hydrogen (secondary N) is 1. The summed E-state index contributed by atoms with van der Waals surface area (Å²) < 4.78 is 7.13. The summed E-state index contributed by atoms with van der Waals surface area (Å²) in [6.45, 7) is 10.6. The number of aromatic nitrogens is 2. The van der Waals surface area contributed by atoms with E-state index < -0.39 is 0 Å². The molecule has 7 heteroatoms. The first-order valence-corrected chi connectivity index (χ1v) is 13.0. The molecule has 1 aliphatic heterocycles. The van der Waals surface area contributed by atoms with Crippen molar-refractivity contribution < 1.29 is 9.32 Å². The Morgan fingerprint density at radius 1 is 1.18 bits per heavy atom. The van der Waals surface area contributed by atoms with Crippen molar-refractivity contribution in [3.63, 3.8) is 0 Å². The molecule has 6 nitrogen and oxygen atoms in total. The van der Waals surface area contributed by atoms with Gasteiger partial charge in [-0.15, -0.1) is 11.3 Å². The summed E-state index contributed by atoms with van der Waals surface area (Å²) in [5.41, 5.74) is 3.24. The number of para-hydroxylation sites is 1. The third-order valence-corrected chi connectivity index (χ3v) is 7.26. The van der Waals surface area contributed by atoms with Gasteiger partial charge in [-0.05, 0) is 55.8 Å². The number of carbonyl (C=O) groups excluding carboxylic acids is 1. The number of amides is 1. The average molecular weight is 479 g/mol. The molecule has 1 amide bonds. The van der Waals surface area contributed by atoms with Gasteiger partial charge in [-0.2, -0.15) is 0 Å². The predicted molar refractivity (Wildman–Crippen MR) is 139 cm³/mol. The second-order valence-corrected chi connectivity index (χ2v) is 9.68. The van der Waals surface area contributed by atoms with Crippen molar-refractivity contribution in [3.8, 4) is 10.6 Å². The van der Waals surface area contributed by atoms with Gasteiger partial charge in [0.05, 0.1) is 16.6 Å². The summed E-state index contributed by atoms with van der Waals surface area (Å²) in [6.07, 6.45) is 4.77. The lowest BCUT2D eigenvalue weighted by Crippen LogP contribution is -2.44. The number of fused-ring (bicyclic) bond motifs is 1. The van der Waals surface area contributed by atoms with Gasteiger partial charge in [0, 0.05) is 37.1 Å². The highest BCUT2D eigenvalue weighted by Crippen LogP contribution is 2.25. The fourth-order valence-electron chi connectivity index (χ4n) is 4.57. The third-order valence-electron chi connectivity index (χ3n) is 6.37. The molecule has 180 valence electrons. The molecule has 0 radical (unpaired) electrons. The van der Waals surface area contributed by atoms with Crippen LogP contribution in [0.2, 0.25) is 0 Å². The molecule has 1 saturated heterocycles. The minimum Gasteiger partial charge on any atom is -0.355 e. The van der Waals surface area contributed by atoms with Crippen molar-refractivity contribution in [2.75, 3.05) is 19.6 Å². The molecule has 1 aliphatic rings. The number of aryl methyl sites for hydroxylation is 2. The Bertz CT molecular complexity index is 1140. The molecule has 1 N–H and O–H groups in total. The van der Waals surface area contributed by atoms with Crippen LogP contribution in [0.1, 0.15) is 49.2 Å². The largest absolute Gasteiger partial charge is 0.355 e. The number of hydrogen-bond acceptors (Lipinski definition) is 5. The van der Waals surface area contributed by atoms with Gasteiger partial charge in [-0.1, -0.05) is 43.3 Å². The van der Waals surface area contributed by atoms with Gasteiger partial charge in [0.1, 0.15) is 5.69 Å². The summed E-state index contributed by atoms with van der Waals surface area (Å²) in [5, 5.41) is 10.1. The third kappa shape index (κ3) is 5.59. The predicted octanol–water partition coefficient (Wildman–Crippen LogP) is 5.98. The number of likely N-dealkylation sites (tertiary alicyclic amines) is 1. The van der Waals surface area contributed by atoms with Crippen molar-refractivity contribution in [3.05, 3.63) is 65.3 Å². The number of nitrogens with zero attached hydrogens (tertiary/aromatic N) is 3. The SMILES string of the molecule is CCCn1c(C(=O)NC2CCN(CC)CC2)cc2cccc(C)c21.c1csc(-c2ccno2)c1. The van der Waals surface area contributed by atoms with Crippen LogP contribution < -0.4 is 5.32 Å². The van der Waals surface area contributed by atoms with Crippen LogP contribution in [0.25, 0.3) is 21.5 Å². The first-order valence-electron chi connectivity index (χ1n) is 12.2. The topological polar surface area (TPSA) is 63.3 Å². The number of thiophene rings is 1. The second kappa shape index (κ2) is 11.5. The molecule has 0 aliphatic carbocycles. The Labute approximate surface area is 205 Å². The van der Waals surface area contributed by atoms with E-state index in [2.05, 4.69) is 65.0 Å². The van der Waals surface area contributed by atoms with Crippen LogP contribution in [-0.2, 0) is 6.54 Å². The van der Waals surface area contributed by atoms with E-state index >= 15 is 0 Å². The highest BCUT2D eigenvalue weighted by Gasteiger charge is 2.22. The molecular formula is C27H34N4O2S. The Morgan fingerprint density at radius 3 is 2.65 bits per heavy atom. The average Bonchev–Trinajstić information content (AvgIpc) is 3.61. The van der Waals surface area contributed by atoms with E-state index in [9.17, 15) is 4.79 Å². The summed E-state index contributed by atoms with van der Waals surface area (Å²) in [6, 6.07) is 14.5. The zero-order chi connectivity index (χ0) is 23.9. The first-order chi connectivity index (χ1) is 16.6. The van der Waals surface area contributed by atoms with E-state index in [1.165, 1.54) is 11.1 Å². The minimum atomic E-state index is 0.0778. The van der Waals surface area contributed by atoms with Crippen LogP contribution >= 0.6 is 11.3 Å². The van der Waals surface area contributed by atoms with Crippen molar-refractivity contribution in [2.45, 2.75) is 52.6 Å². The lowest BCUT2D eigenvalue weighted by Gasteiger charge is -2.31. The monoisotopic (exact) mass is 478 g/mol. The number of hydrogen-bond donors (Lipinski definition) is 1. The quantitative estimate of drug-likeness (QED) is 0.370. The Morgan fingerprint density at radius 2 is 2.00 bits per heavy atom.